The van der Waals surface area contributed by atoms with Crippen LogP contribution in [-0.2, 0) is 19.6 Å². The molecule has 0 saturated carbocycles. The van der Waals surface area contributed by atoms with Crippen LogP contribution < -0.4 is 5.32 Å². The quantitative estimate of drug-likeness (QED) is 0.736. The van der Waals surface area contributed by atoms with Crippen LogP contribution in [0.4, 0.5) is 0 Å². The van der Waals surface area contributed by atoms with Crippen LogP contribution in [0.2, 0.25) is 0 Å². The molecule has 1 aliphatic rings. The van der Waals surface area contributed by atoms with Crippen molar-refractivity contribution in [3.05, 3.63) is 59.0 Å². The molecule has 3 aromatic rings. The number of rotatable bonds is 3. The zero-order valence-electron chi connectivity index (χ0n) is 15.1. The fraction of sp³-hybridized carbons (Fsp3) is 0.368. The van der Waals surface area contributed by atoms with Crippen LogP contribution in [-0.4, -0.2) is 25.9 Å². The van der Waals surface area contributed by atoms with Gasteiger partial charge >= 0.3 is 0 Å². The highest BCUT2D eigenvalue weighted by molar-refractivity contribution is 5.85. The first-order chi connectivity index (χ1) is 11.7. The highest BCUT2D eigenvalue weighted by Crippen LogP contribution is 2.21. The molecule has 0 amide bonds. The van der Waals surface area contributed by atoms with E-state index in [1.807, 2.05) is 12.4 Å². The SMILES string of the molecule is Cc1ccc(C)c(Cn2ccnc2-c2cc3n(n2)CCCNC3)c1.Cl.Cl. The third-order valence-corrected chi connectivity index (χ3v) is 4.68. The smallest absolute Gasteiger partial charge is 0.160 e. The van der Waals surface area contributed by atoms with E-state index in [1.165, 1.54) is 22.4 Å². The monoisotopic (exact) mass is 393 g/mol. The lowest BCUT2D eigenvalue weighted by atomic mass is 10.1. The van der Waals surface area contributed by atoms with Gasteiger partial charge in [-0.05, 0) is 44.0 Å². The molecule has 2 aromatic heterocycles. The predicted molar refractivity (Wildman–Crippen MR) is 109 cm³/mol. The highest BCUT2D eigenvalue weighted by atomic mass is 35.5. The number of fused-ring (bicyclic) bond motifs is 1. The number of aryl methyl sites for hydroxylation is 3. The van der Waals surface area contributed by atoms with Gasteiger partial charge in [0.2, 0.25) is 0 Å². The second kappa shape index (κ2) is 8.71. The maximum Gasteiger partial charge on any atom is 0.160 e. The molecule has 0 bridgehead atoms. The van der Waals surface area contributed by atoms with Crippen LogP contribution in [0.15, 0.2) is 36.7 Å². The molecule has 0 aliphatic carbocycles. The van der Waals surface area contributed by atoms with E-state index in [4.69, 9.17) is 5.10 Å². The van der Waals surface area contributed by atoms with Gasteiger partial charge in [0.05, 0.1) is 5.69 Å². The first kappa shape index (κ1) is 20.5. The number of hydrogen-bond donors (Lipinski definition) is 1. The maximum absolute atomic E-state index is 4.79. The average molecular weight is 394 g/mol. The lowest BCUT2D eigenvalue weighted by Gasteiger charge is -2.10. The molecule has 7 heteroatoms. The fourth-order valence-corrected chi connectivity index (χ4v) is 3.30. The maximum atomic E-state index is 4.79. The van der Waals surface area contributed by atoms with Crippen LogP contribution in [0.25, 0.3) is 11.5 Å². The predicted octanol–water partition coefficient (Wildman–Crippen LogP) is 3.75. The number of benzene rings is 1. The number of aromatic nitrogens is 4. The fourth-order valence-electron chi connectivity index (χ4n) is 3.30. The summed E-state index contributed by atoms with van der Waals surface area (Å²) in [5.74, 6) is 0.941. The summed E-state index contributed by atoms with van der Waals surface area (Å²) >= 11 is 0. The third kappa shape index (κ3) is 4.11. The summed E-state index contributed by atoms with van der Waals surface area (Å²) in [6, 6.07) is 8.77. The molecule has 1 N–H and O–H groups in total. The second-order valence-electron chi connectivity index (χ2n) is 6.58. The van der Waals surface area contributed by atoms with Crippen molar-refractivity contribution in [2.24, 2.45) is 0 Å². The van der Waals surface area contributed by atoms with Crippen molar-refractivity contribution < 1.29 is 0 Å². The largest absolute Gasteiger partial charge is 0.325 e. The minimum atomic E-state index is 0. The van der Waals surface area contributed by atoms with Crippen molar-refractivity contribution in [1.29, 1.82) is 0 Å². The van der Waals surface area contributed by atoms with Crippen molar-refractivity contribution in [2.75, 3.05) is 6.54 Å². The Bertz CT molecular complexity index is 845. The van der Waals surface area contributed by atoms with Gasteiger partial charge in [0.1, 0.15) is 5.69 Å². The van der Waals surface area contributed by atoms with Gasteiger partial charge in [-0.15, -0.1) is 24.8 Å². The zero-order chi connectivity index (χ0) is 16.5. The molecule has 5 nitrogen and oxygen atoms in total. The van der Waals surface area contributed by atoms with E-state index in [1.54, 1.807) is 0 Å². The summed E-state index contributed by atoms with van der Waals surface area (Å²) in [6.07, 6.45) is 5.02. The van der Waals surface area contributed by atoms with Crippen molar-refractivity contribution in [2.45, 2.75) is 39.9 Å². The van der Waals surface area contributed by atoms with Crippen LogP contribution >= 0.6 is 24.8 Å². The van der Waals surface area contributed by atoms with E-state index >= 15 is 0 Å². The van der Waals surface area contributed by atoms with Crippen LogP contribution in [0, 0.1) is 13.8 Å². The zero-order valence-corrected chi connectivity index (χ0v) is 16.7. The molecule has 4 rings (SSSR count). The van der Waals surface area contributed by atoms with E-state index in [-0.39, 0.29) is 24.8 Å². The van der Waals surface area contributed by atoms with E-state index < -0.39 is 0 Å². The van der Waals surface area contributed by atoms with Crippen molar-refractivity contribution in [3.8, 4) is 11.5 Å². The molecule has 0 unspecified atom stereocenters. The van der Waals surface area contributed by atoms with E-state index in [9.17, 15) is 0 Å². The van der Waals surface area contributed by atoms with E-state index in [0.29, 0.717) is 0 Å². The Morgan fingerprint density at radius 1 is 1.15 bits per heavy atom. The molecule has 0 radical (unpaired) electrons. The van der Waals surface area contributed by atoms with Gasteiger partial charge in [0.15, 0.2) is 5.82 Å². The number of nitrogens with zero attached hydrogens (tertiary/aromatic N) is 4. The first-order valence-electron chi connectivity index (χ1n) is 8.56. The van der Waals surface area contributed by atoms with Crippen molar-refractivity contribution in [3.63, 3.8) is 0 Å². The topological polar surface area (TPSA) is 47.7 Å². The summed E-state index contributed by atoms with van der Waals surface area (Å²) in [5.41, 5.74) is 6.13. The minimum Gasteiger partial charge on any atom is -0.325 e. The number of imidazole rings is 1. The molecule has 26 heavy (non-hydrogen) atoms. The molecule has 0 saturated heterocycles. The minimum absolute atomic E-state index is 0. The van der Waals surface area contributed by atoms with Gasteiger partial charge in [0.25, 0.3) is 0 Å². The molecular weight excluding hydrogens is 369 g/mol. The Morgan fingerprint density at radius 3 is 2.85 bits per heavy atom. The number of halogens is 2. The van der Waals surface area contributed by atoms with Gasteiger partial charge in [-0.1, -0.05) is 23.8 Å². The average Bonchev–Trinajstić information content (AvgIpc) is 3.12. The summed E-state index contributed by atoms with van der Waals surface area (Å²) < 4.78 is 4.31. The summed E-state index contributed by atoms with van der Waals surface area (Å²) in [7, 11) is 0. The van der Waals surface area contributed by atoms with Gasteiger partial charge in [0, 0.05) is 32.0 Å². The molecule has 1 aromatic carbocycles. The first-order valence-corrected chi connectivity index (χ1v) is 8.56. The normalized spacial score (nSPS) is 13.3. The molecule has 140 valence electrons. The van der Waals surface area contributed by atoms with Crippen LogP contribution in [0.1, 0.15) is 28.8 Å². The number of nitrogens with one attached hydrogen (secondary N) is 1. The van der Waals surface area contributed by atoms with Gasteiger partial charge in [-0.2, -0.15) is 5.10 Å². The van der Waals surface area contributed by atoms with E-state index in [0.717, 1.165) is 44.1 Å². The van der Waals surface area contributed by atoms with Crippen LogP contribution in [0.5, 0.6) is 0 Å². The van der Waals surface area contributed by atoms with E-state index in [2.05, 4.69) is 57.7 Å². The molecule has 3 heterocycles. The molecule has 0 fully saturated rings. The summed E-state index contributed by atoms with van der Waals surface area (Å²) in [4.78, 5) is 4.57. The lowest BCUT2D eigenvalue weighted by Crippen LogP contribution is -2.11. The molecule has 1 aliphatic heterocycles. The Balaban J connectivity index is 0.00000121. The molecule has 0 atom stereocenters. The molecular formula is C19H25Cl2N5. The Labute approximate surface area is 166 Å². The lowest BCUT2D eigenvalue weighted by molar-refractivity contribution is 0.588. The Kier molecular flexibility index (Phi) is 6.87. The third-order valence-electron chi connectivity index (χ3n) is 4.68. The second-order valence-corrected chi connectivity index (χ2v) is 6.58. The van der Waals surface area contributed by atoms with Crippen molar-refractivity contribution >= 4 is 24.8 Å². The highest BCUT2D eigenvalue weighted by Gasteiger charge is 2.15. The van der Waals surface area contributed by atoms with Gasteiger partial charge in [-0.25, -0.2) is 4.98 Å². The van der Waals surface area contributed by atoms with Crippen LogP contribution in [0.3, 0.4) is 0 Å². The number of hydrogen-bond acceptors (Lipinski definition) is 3. The Morgan fingerprint density at radius 2 is 2.00 bits per heavy atom. The van der Waals surface area contributed by atoms with Crippen molar-refractivity contribution in [1.82, 2.24) is 24.6 Å². The standard InChI is InChI=1S/C19H23N5.2ClH/c1-14-4-5-15(2)16(10-14)13-23-9-7-21-19(23)18-11-17-12-20-6-3-8-24(17)22-18;;/h4-5,7,9-11,20H,3,6,8,12-13H2,1-2H3;2*1H. The van der Waals surface area contributed by atoms with Gasteiger partial charge < -0.3 is 9.88 Å². The summed E-state index contributed by atoms with van der Waals surface area (Å²) in [6.45, 7) is 8.03. The van der Waals surface area contributed by atoms with Gasteiger partial charge in [-0.3, -0.25) is 4.68 Å². The summed E-state index contributed by atoms with van der Waals surface area (Å²) in [5, 5.41) is 8.23. The Hall–Kier alpha value is -1.82. The molecule has 0 spiro atoms.